The normalized spacial score (nSPS) is 24.4. The van der Waals surface area contributed by atoms with Gasteiger partial charge in [0.05, 0.1) is 10.6 Å². The van der Waals surface area contributed by atoms with Crippen LogP contribution in [0.4, 0.5) is 5.69 Å². The molecule has 3 aliphatic rings. The molecule has 0 spiro atoms. The molecule has 6 heteroatoms. The largest absolute Gasteiger partial charge is 0.488 e. The van der Waals surface area contributed by atoms with Gasteiger partial charge in [-0.05, 0) is 49.2 Å². The van der Waals surface area contributed by atoms with Crippen molar-refractivity contribution in [2.24, 2.45) is 0 Å². The zero-order valence-corrected chi connectivity index (χ0v) is 14.6. The molecular formula is C19H20N2O3S. The van der Waals surface area contributed by atoms with Gasteiger partial charge in [-0.3, -0.25) is 4.31 Å². The van der Waals surface area contributed by atoms with E-state index in [1.54, 1.807) is 10.4 Å². The summed E-state index contributed by atoms with van der Waals surface area (Å²) in [5, 5.41) is 3.34. The Morgan fingerprint density at radius 3 is 2.96 bits per heavy atom. The van der Waals surface area contributed by atoms with Crippen LogP contribution in [0.1, 0.15) is 23.5 Å². The number of piperidine rings is 1. The van der Waals surface area contributed by atoms with Crippen molar-refractivity contribution in [3.8, 4) is 5.75 Å². The maximum atomic E-state index is 13.2. The number of anilines is 1. The molecule has 0 bridgehead atoms. The third-order valence-corrected chi connectivity index (χ3v) is 7.33. The Kier molecular flexibility index (Phi) is 3.33. The van der Waals surface area contributed by atoms with Crippen LogP contribution < -0.4 is 14.4 Å². The fraction of sp³-hybridized carbons (Fsp3) is 0.368. The van der Waals surface area contributed by atoms with Gasteiger partial charge in [0.2, 0.25) is 0 Å². The molecule has 0 radical (unpaired) electrons. The molecule has 0 amide bonds. The van der Waals surface area contributed by atoms with Crippen molar-refractivity contribution in [1.29, 1.82) is 0 Å². The molecule has 2 unspecified atom stereocenters. The van der Waals surface area contributed by atoms with E-state index in [0.29, 0.717) is 11.4 Å². The number of nitrogens with one attached hydrogen (secondary N) is 1. The molecule has 5 rings (SSSR count). The first-order valence-electron chi connectivity index (χ1n) is 8.76. The Bertz CT molecular complexity index is 941. The van der Waals surface area contributed by atoms with Crippen LogP contribution in [0.2, 0.25) is 0 Å². The number of rotatable bonds is 2. The monoisotopic (exact) mass is 356 g/mol. The summed E-state index contributed by atoms with van der Waals surface area (Å²) in [6.07, 6.45) is 1.86. The standard InChI is InChI=1S/C19H20N2O3S/c22-25(23,21-10-8-13-3-1-2-4-17(13)21)14-5-6-18-16(11-14)15-7-9-20-12-19(15)24-18/h1-6,11,15,19-20H,7-10,12H2. The number of nitrogens with zero attached hydrogens (tertiary/aromatic N) is 1. The first-order valence-corrected chi connectivity index (χ1v) is 10.2. The molecule has 130 valence electrons. The molecule has 1 saturated heterocycles. The van der Waals surface area contributed by atoms with E-state index in [9.17, 15) is 8.42 Å². The van der Waals surface area contributed by atoms with Gasteiger partial charge in [-0.15, -0.1) is 0 Å². The average molecular weight is 356 g/mol. The highest BCUT2D eigenvalue weighted by Crippen LogP contribution is 2.43. The summed E-state index contributed by atoms with van der Waals surface area (Å²) in [6, 6.07) is 13.1. The molecular weight excluding hydrogens is 336 g/mol. The smallest absolute Gasteiger partial charge is 0.264 e. The van der Waals surface area contributed by atoms with Crippen LogP contribution in [-0.2, 0) is 16.4 Å². The Labute approximate surface area is 147 Å². The number of hydrogen-bond donors (Lipinski definition) is 1. The van der Waals surface area contributed by atoms with Crippen LogP contribution in [0, 0.1) is 0 Å². The van der Waals surface area contributed by atoms with Gasteiger partial charge in [-0.1, -0.05) is 18.2 Å². The van der Waals surface area contributed by atoms with Gasteiger partial charge < -0.3 is 10.1 Å². The number of benzene rings is 2. The minimum atomic E-state index is -3.55. The molecule has 25 heavy (non-hydrogen) atoms. The lowest BCUT2D eigenvalue weighted by molar-refractivity contribution is 0.177. The van der Waals surface area contributed by atoms with Gasteiger partial charge in [0.1, 0.15) is 11.9 Å². The van der Waals surface area contributed by atoms with Crippen LogP contribution in [0.15, 0.2) is 47.4 Å². The maximum Gasteiger partial charge on any atom is 0.264 e. The highest BCUT2D eigenvalue weighted by molar-refractivity contribution is 7.92. The second-order valence-electron chi connectivity index (χ2n) is 6.91. The van der Waals surface area contributed by atoms with E-state index in [2.05, 4.69) is 5.32 Å². The van der Waals surface area contributed by atoms with Gasteiger partial charge >= 0.3 is 0 Å². The number of para-hydroxylation sites is 1. The molecule has 3 heterocycles. The van der Waals surface area contributed by atoms with E-state index in [1.165, 1.54) is 0 Å². The van der Waals surface area contributed by atoms with Gasteiger partial charge in [0.15, 0.2) is 0 Å². The third-order valence-electron chi connectivity index (χ3n) is 5.52. The summed E-state index contributed by atoms with van der Waals surface area (Å²) in [6.45, 7) is 2.27. The van der Waals surface area contributed by atoms with Crippen molar-refractivity contribution < 1.29 is 13.2 Å². The third kappa shape index (κ3) is 2.28. The molecule has 0 saturated carbocycles. The Morgan fingerprint density at radius 1 is 1.16 bits per heavy atom. The predicted molar refractivity (Wildman–Crippen MR) is 95.8 cm³/mol. The van der Waals surface area contributed by atoms with E-state index < -0.39 is 10.0 Å². The minimum absolute atomic E-state index is 0.120. The summed E-state index contributed by atoms with van der Waals surface area (Å²) < 4.78 is 34.0. The maximum absolute atomic E-state index is 13.2. The zero-order valence-electron chi connectivity index (χ0n) is 13.8. The first kappa shape index (κ1) is 15.2. The number of fused-ring (bicyclic) bond motifs is 4. The summed E-state index contributed by atoms with van der Waals surface area (Å²) in [4.78, 5) is 0.366. The second kappa shape index (κ2) is 5.47. The van der Waals surface area contributed by atoms with Crippen molar-refractivity contribution in [3.63, 3.8) is 0 Å². The van der Waals surface area contributed by atoms with Crippen LogP contribution >= 0.6 is 0 Å². The van der Waals surface area contributed by atoms with Gasteiger partial charge in [-0.2, -0.15) is 0 Å². The molecule has 2 aromatic rings. The Morgan fingerprint density at radius 2 is 2.04 bits per heavy atom. The highest BCUT2D eigenvalue weighted by Gasteiger charge is 2.38. The van der Waals surface area contributed by atoms with Crippen LogP contribution in [0.5, 0.6) is 5.75 Å². The molecule has 0 aromatic heterocycles. The first-order chi connectivity index (χ1) is 12.1. The lowest BCUT2D eigenvalue weighted by Crippen LogP contribution is -2.39. The van der Waals surface area contributed by atoms with E-state index in [4.69, 9.17) is 4.74 Å². The van der Waals surface area contributed by atoms with E-state index >= 15 is 0 Å². The molecule has 5 nitrogen and oxygen atoms in total. The Balaban J connectivity index is 1.54. The summed E-state index contributed by atoms with van der Waals surface area (Å²) in [7, 11) is -3.55. The molecule has 0 aliphatic carbocycles. The predicted octanol–water partition coefficient (Wildman–Crippen LogP) is 2.28. The van der Waals surface area contributed by atoms with Crippen molar-refractivity contribution in [2.75, 3.05) is 23.9 Å². The van der Waals surface area contributed by atoms with E-state index in [-0.39, 0.29) is 12.0 Å². The van der Waals surface area contributed by atoms with Crippen LogP contribution in [0.3, 0.4) is 0 Å². The number of ether oxygens (including phenoxy) is 1. The Hall–Kier alpha value is -2.05. The number of sulfonamides is 1. The van der Waals surface area contributed by atoms with Gasteiger partial charge in [-0.25, -0.2) is 8.42 Å². The van der Waals surface area contributed by atoms with Crippen molar-refractivity contribution in [2.45, 2.75) is 29.8 Å². The van der Waals surface area contributed by atoms with Gasteiger partial charge in [0, 0.05) is 24.6 Å². The van der Waals surface area contributed by atoms with Crippen molar-refractivity contribution >= 4 is 15.7 Å². The highest BCUT2D eigenvalue weighted by atomic mass is 32.2. The van der Waals surface area contributed by atoms with E-state index in [1.807, 2.05) is 36.4 Å². The van der Waals surface area contributed by atoms with E-state index in [0.717, 1.165) is 48.5 Å². The van der Waals surface area contributed by atoms with Crippen molar-refractivity contribution in [3.05, 3.63) is 53.6 Å². The lowest BCUT2D eigenvalue weighted by Gasteiger charge is -2.25. The molecule has 3 aliphatic heterocycles. The zero-order chi connectivity index (χ0) is 17.0. The second-order valence-corrected chi connectivity index (χ2v) is 8.77. The van der Waals surface area contributed by atoms with Crippen LogP contribution in [0.25, 0.3) is 0 Å². The quantitative estimate of drug-likeness (QED) is 0.897. The topological polar surface area (TPSA) is 58.6 Å². The average Bonchev–Trinajstić information content (AvgIpc) is 3.23. The molecule has 2 aromatic carbocycles. The summed E-state index contributed by atoms with van der Waals surface area (Å²) in [5.41, 5.74) is 2.94. The minimum Gasteiger partial charge on any atom is -0.488 e. The SMILES string of the molecule is O=S(=O)(c1ccc2c(c1)C1CCNCC1O2)N1CCc2ccccc21. The van der Waals surface area contributed by atoms with Gasteiger partial charge in [0.25, 0.3) is 10.0 Å². The fourth-order valence-corrected chi connectivity index (χ4v) is 5.78. The fourth-order valence-electron chi connectivity index (χ4n) is 4.24. The van der Waals surface area contributed by atoms with Crippen molar-refractivity contribution in [1.82, 2.24) is 5.32 Å². The van der Waals surface area contributed by atoms with Crippen LogP contribution in [-0.4, -0.2) is 34.2 Å². The lowest BCUT2D eigenvalue weighted by atomic mass is 9.90. The number of hydrogen-bond acceptors (Lipinski definition) is 4. The molecule has 1 N–H and O–H groups in total. The summed E-state index contributed by atoms with van der Waals surface area (Å²) in [5.74, 6) is 1.12. The summed E-state index contributed by atoms with van der Waals surface area (Å²) >= 11 is 0. The molecule has 2 atom stereocenters. The molecule has 1 fully saturated rings.